The number of fused-ring (bicyclic) bond motifs is 1. The first-order valence-corrected chi connectivity index (χ1v) is 9.26. The average molecular weight is 370 g/mol. The van der Waals surface area contributed by atoms with E-state index in [1.165, 1.54) is 0 Å². The number of carbonyl (C=O) groups is 1. The molecule has 1 heterocycles. The number of rotatable bonds is 4. The zero-order valence-electron chi connectivity index (χ0n) is 15.9. The van der Waals surface area contributed by atoms with Crippen LogP contribution >= 0.6 is 0 Å². The molecule has 0 aliphatic carbocycles. The van der Waals surface area contributed by atoms with Crippen LogP contribution in [0, 0.1) is 13.8 Å². The Morgan fingerprint density at radius 3 is 2.46 bits per heavy atom. The lowest BCUT2D eigenvalue weighted by Crippen LogP contribution is -2.28. The molecule has 0 atom stereocenters. The van der Waals surface area contributed by atoms with Crippen molar-refractivity contribution in [3.63, 3.8) is 0 Å². The Labute approximate surface area is 164 Å². The molecule has 0 aliphatic heterocycles. The second kappa shape index (κ2) is 7.56. The Kier molecular flexibility index (Phi) is 4.81. The minimum absolute atomic E-state index is 0.234. The van der Waals surface area contributed by atoms with Crippen LogP contribution in [-0.2, 0) is 6.54 Å². The third-order valence-electron chi connectivity index (χ3n) is 4.91. The molecule has 0 spiro atoms. The fourth-order valence-corrected chi connectivity index (χ4v) is 3.42. The van der Waals surface area contributed by atoms with Crippen LogP contribution in [0.25, 0.3) is 16.5 Å². The molecular weight excluding hydrogens is 348 g/mol. The zero-order chi connectivity index (χ0) is 19.5. The highest BCUT2D eigenvalue weighted by atomic mass is 16.2. The Morgan fingerprint density at radius 2 is 1.64 bits per heavy atom. The summed E-state index contributed by atoms with van der Waals surface area (Å²) in [6.45, 7) is 4.40. The van der Waals surface area contributed by atoms with Gasteiger partial charge >= 0.3 is 6.03 Å². The van der Waals surface area contributed by atoms with Crippen molar-refractivity contribution < 1.29 is 4.79 Å². The van der Waals surface area contributed by atoms with E-state index >= 15 is 0 Å². The van der Waals surface area contributed by atoms with Crippen molar-refractivity contribution in [3.05, 3.63) is 89.7 Å². The van der Waals surface area contributed by atoms with E-state index in [2.05, 4.69) is 15.7 Å². The Morgan fingerprint density at radius 1 is 0.929 bits per heavy atom. The van der Waals surface area contributed by atoms with Crippen LogP contribution in [0.4, 0.5) is 10.5 Å². The summed E-state index contributed by atoms with van der Waals surface area (Å²) in [6, 6.07) is 23.6. The van der Waals surface area contributed by atoms with E-state index in [1.54, 1.807) is 0 Å². The molecule has 0 saturated carbocycles. The average Bonchev–Trinajstić information content (AvgIpc) is 3.01. The van der Waals surface area contributed by atoms with Gasteiger partial charge in [0.15, 0.2) is 0 Å². The van der Waals surface area contributed by atoms with Gasteiger partial charge in [-0.3, -0.25) is 0 Å². The monoisotopic (exact) mass is 370 g/mol. The number of urea groups is 1. The van der Waals surface area contributed by atoms with E-state index in [0.29, 0.717) is 6.54 Å². The number of hydrogen-bond donors (Lipinski definition) is 2. The zero-order valence-corrected chi connectivity index (χ0v) is 15.9. The number of nitrogens with one attached hydrogen (secondary N) is 2. The molecule has 0 bridgehead atoms. The van der Waals surface area contributed by atoms with Crippen molar-refractivity contribution in [3.8, 4) is 5.69 Å². The molecule has 0 saturated heterocycles. The van der Waals surface area contributed by atoms with E-state index in [4.69, 9.17) is 0 Å². The lowest BCUT2D eigenvalue weighted by molar-refractivity contribution is 0.251. The minimum Gasteiger partial charge on any atom is -0.334 e. The fraction of sp³-hybridized carbons (Fsp3) is 0.130. The number of aromatic nitrogens is 2. The normalized spacial score (nSPS) is 10.8. The molecule has 0 unspecified atom stereocenters. The minimum atomic E-state index is -0.234. The molecule has 0 aliphatic rings. The lowest BCUT2D eigenvalue weighted by atomic mass is 10.1. The Hall–Kier alpha value is -3.60. The smallest absolute Gasteiger partial charge is 0.319 e. The molecule has 0 radical (unpaired) electrons. The molecule has 0 fully saturated rings. The van der Waals surface area contributed by atoms with Crippen LogP contribution in [0.2, 0.25) is 0 Å². The van der Waals surface area contributed by atoms with Crippen molar-refractivity contribution in [1.82, 2.24) is 15.1 Å². The maximum absolute atomic E-state index is 12.5. The van der Waals surface area contributed by atoms with Gasteiger partial charge in [-0.25, -0.2) is 9.48 Å². The van der Waals surface area contributed by atoms with Crippen molar-refractivity contribution in [2.75, 3.05) is 5.32 Å². The summed E-state index contributed by atoms with van der Waals surface area (Å²) in [6.07, 6.45) is 0. The van der Waals surface area contributed by atoms with Gasteiger partial charge in [0.05, 0.1) is 17.1 Å². The van der Waals surface area contributed by atoms with Gasteiger partial charge in [-0.1, -0.05) is 54.6 Å². The summed E-state index contributed by atoms with van der Waals surface area (Å²) < 4.78 is 1.91. The Balaban J connectivity index is 1.49. The second-order valence-corrected chi connectivity index (χ2v) is 6.73. The summed E-state index contributed by atoms with van der Waals surface area (Å²) >= 11 is 0. The van der Waals surface area contributed by atoms with E-state index in [-0.39, 0.29) is 6.03 Å². The number of aryl methyl sites for hydroxylation is 1. The van der Waals surface area contributed by atoms with Crippen LogP contribution in [0.5, 0.6) is 0 Å². The molecule has 2 amide bonds. The predicted molar refractivity (Wildman–Crippen MR) is 113 cm³/mol. The molecule has 4 rings (SSSR count). The Bertz CT molecular complexity index is 1130. The maximum atomic E-state index is 12.5. The number of benzene rings is 3. The molecule has 5 nitrogen and oxygen atoms in total. The van der Waals surface area contributed by atoms with E-state index in [9.17, 15) is 4.79 Å². The largest absolute Gasteiger partial charge is 0.334 e. The summed E-state index contributed by atoms with van der Waals surface area (Å²) in [5.74, 6) is 0. The van der Waals surface area contributed by atoms with Crippen LogP contribution in [0.15, 0.2) is 72.8 Å². The highest BCUT2D eigenvalue weighted by Gasteiger charge is 2.14. The van der Waals surface area contributed by atoms with Gasteiger partial charge in [0, 0.05) is 23.2 Å². The van der Waals surface area contributed by atoms with Gasteiger partial charge in [-0.05, 0) is 37.4 Å². The second-order valence-electron chi connectivity index (χ2n) is 6.73. The van der Waals surface area contributed by atoms with Gasteiger partial charge in [0.2, 0.25) is 0 Å². The number of para-hydroxylation sites is 1. The predicted octanol–water partition coefficient (Wildman–Crippen LogP) is 4.96. The van der Waals surface area contributed by atoms with Gasteiger partial charge in [0.1, 0.15) is 0 Å². The lowest BCUT2D eigenvalue weighted by Gasteiger charge is -2.10. The van der Waals surface area contributed by atoms with Crippen LogP contribution in [0.3, 0.4) is 0 Å². The molecule has 28 heavy (non-hydrogen) atoms. The van der Waals surface area contributed by atoms with E-state index in [0.717, 1.165) is 39.1 Å². The summed E-state index contributed by atoms with van der Waals surface area (Å²) in [5, 5.41) is 12.7. The standard InChI is InChI=1S/C23H22N4O/c1-16-21(17(2)27(26-16)19-11-4-3-5-12-19)15-24-23(28)25-22-14-8-10-18-9-6-7-13-20(18)22/h3-14H,15H2,1-2H3,(H2,24,25,28). The molecule has 5 heteroatoms. The molecule has 140 valence electrons. The first-order chi connectivity index (χ1) is 13.6. The van der Waals surface area contributed by atoms with Crippen molar-refractivity contribution >= 4 is 22.5 Å². The van der Waals surface area contributed by atoms with E-state index in [1.807, 2.05) is 91.3 Å². The molecule has 4 aromatic rings. The van der Waals surface area contributed by atoms with Gasteiger partial charge in [-0.2, -0.15) is 5.10 Å². The molecule has 1 aromatic heterocycles. The van der Waals surface area contributed by atoms with Crippen molar-refractivity contribution in [2.24, 2.45) is 0 Å². The van der Waals surface area contributed by atoms with Crippen molar-refractivity contribution in [2.45, 2.75) is 20.4 Å². The number of hydrogen-bond acceptors (Lipinski definition) is 2. The summed E-state index contributed by atoms with van der Waals surface area (Å²) in [7, 11) is 0. The molecular formula is C23H22N4O. The quantitative estimate of drug-likeness (QED) is 0.533. The van der Waals surface area contributed by atoms with Crippen LogP contribution < -0.4 is 10.6 Å². The molecule has 2 N–H and O–H groups in total. The summed E-state index contributed by atoms with van der Waals surface area (Å²) in [4.78, 5) is 12.5. The summed E-state index contributed by atoms with van der Waals surface area (Å²) in [5.41, 5.74) is 4.76. The van der Waals surface area contributed by atoms with Gasteiger partial charge in [-0.15, -0.1) is 0 Å². The first kappa shape index (κ1) is 17.8. The van der Waals surface area contributed by atoms with E-state index < -0.39 is 0 Å². The topological polar surface area (TPSA) is 59.0 Å². The number of amides is 2. The number of anilines is 1. The first-order valence-electron chi connectivity index (χ1n) is 9.26. The third kappa shape index (κ3) is 3.47. The third-order valence-corrected chi connectivity index (χ3v) is 4.91. The van der Waals surface area contributed by atoms with Gasteiger partial charge in [0.25, 0.3) is 0 Å². The SMILES string of the molecule is Cc1nn(-c2ccccc2)c(C)c1CNC(=O)Nc1cccc2ccccc12. The highest BCUT2D eigenvalue weighted by Crippen LogP contribution is 2.23. The van der Waals surface area contributed by atoms with Gasteiger partial charge < -0.3 is 10.6 Å². The van der Waals surface area contributed by atoms with Crippen LogP contribution in [0.1, 0.15) is 17.0 Å². The fourth-order valence-electron chi connectivity index (χ4n) is 3.42. The van der Waals surface area contributed by atoms with Crippen LogP contribution in [-0.4, -0.2) is 15.8 Å². The number of carbonyl (C=O) groups excluding carboxylic acids is 1. The highest BCUT2D eigenvalue weighted by molar-refractivity contribution is 6.01. The molecule has 3 aromatic carbocycles. The van der Waals surface area contributed by atoms with Crippen molar-refractivity contribution in [1.29, 1.82) is 0 Å². The maximum Gasteiger partial charge on any atom is 0.319 e. The number of nitrogens with zero attached hydrogens (tertiary/aromatic N) is 2.